The number of halogens is 3. The standard InChI is InChI=1S/C14H11Cl3N5/c15-10-4-1-3-9(7-10)8-22(14(18)19-20-21-22)12-6-2-5-11(16)13(12)17/h1-7H,8H2,(H2,18,19,21)/q+1/t22-/m1/s1. The van der Waals surface area contributed by atoms with Crippen LogP contribution in [-0.4, -0.2) is 5.96 Å². The summed E-state index contributed by atoms with van der Waals surface area (Å²) in [7, 11) is 0. The van der Waals surface area contributed by atoms with E-state index >= 15 is 0 Å². The lowest BCUT2D eigenvalue weighted by atomic mass is 10.2. The van der Waals surface area contributed by atoms with E-state index in [9.17, 15) is 0 Å². The maximum Gasteiger partial charge on any atom is 0.354 e. The number of benzene rings is 2. The summed E-state index contributed by atoms with van der Waals surface area (Å²) in [4.78, 5) is 0. The highest BCUT2D eigenvalue weighted by Crippen LogP contribution is 2.39. The van der Waals surface area contributed by atoms with Crippen molar-refractivity contribution in [1.29, 1.82) is 0 Å². The van der Waals surface area contributed by atoms with Gasteiger partial charge in [0.25, 0.3) is 0 Å². The van der Waals surface area contributed by atoms with E-state index in [-0.39, 0.29) is 10.6 Å². The number of rotatable bonds is 3. The first kappa shape index (κ1) is 15.2. The summed E-state index contributed by atoms with van der Waals surface area (Å²) in [5.41, 5.74) is 7.58. The van der Waals surface area contributed by atoms with Crippen LogP contribution in [-0.2, 0) is 6.54 Å². The van der Waals surface area contributed by atoms with E-state index in [1.54, 1.807) is 24.3 Å². The Morgan fingerprint density at radius 3 is 2.50 bits per heavy atom. The normalized spacial score (nSPS) is 20.2. The Bertz CT molecular complexity index is 790. The maximum absolute atomic E-state index is 6.34. The van der Waals surface area contributed by atoms with Crippen LogP contribution < -0.4 is 10.3 Å². The first-order valence-corrected chi connectivity index (χ1v) is 7.50. The minimum absolute atomic E-state index is 0.167. The topological polar surface area (TPSA) is 63.1 Å². The van der Waals surface area contributed by atoms with Gasteiger partial charge in [-0.1, -0.05) is 57.6 Å². The first-order chi connectivity index (χ1) is 10.5. The predicted molar refractivity (Wildman–Crippen MR) is 89.9 cm³/mol. The highest BCUT2D eigenvalue weighted by molar-refractivity contribution is 6.43. The van der Waals surface area contributed by atoms with Gasteiger partial charge in [-0.25, -0.2) is 0 Å². The molecule has 2 N–H and O–H groups in total. The van der Waals surface area contributed by atoms with Crippen molar-refractivity contribution in [2.75, 3.05) is 0 Å². The average Bonchev–Trinajstić information content (AvgIpc) is 2.84. The maximum atomic E-state index is 6.34. The van der Waals surface area contributed by atoms with Crippen LogP contribution in [0, 0.1) is 0 Å². The van der Waals surface area contributed by atoms with Crippen LogP contribution in [0.15, 0.2) is 58.0 Å². The first-order valence-electron chi connectivity index (χ1n) is 6.36. The molecule has 2 aromatic carbocycles. The summed E-state index contributed by atoms with van der Waals surface area (Å²) in [5, 5.41) is 13.2. The SMILES string of the molecule is NC1=NN=N[N@+]1(Cc1cccc(Cl)c1)c1cccc(Cl)c1Cl. The molecule has 0 unspecified atom stereocenters. The van der Waals surface area contributed by atoms with Crippen molar-refractivity contribution in [1.82, 2.24) is 4.59 Å². The van der Waals surface area contributed by atoms with E-state index < -0.39 is 0 Å². The summed E-state index contributed by atoms with van der Waals surface area (Å²) in [5.74, 6) is 0.212. The van der Waals surface area contributed by atoms with Gasteiger partial charge in [-0.05, 0) is 23.3 Å². The van der Waals surface area contributed by atoms with Crippen LogP contribution in [0.2, 0.25) is 15.1 Å². The number of quaternary nitrogens is 1. The summed E-state index contributed by atoms with van der Waals surface area (Å²) >= 11 is 18.5. The molecular formula is C14H11Cl3N5+. The molecule has 1 aliphatic heterocycles. The highest BCUT2D eigenvalue weighted by atomic mass is 35.5. The van der Waals surface area contributed by atoms with Crippen LogP contribution in [0.1, 0.15) is 5.56 Å². The zero-order valence-corrected chi connectivity index (χ0v) is 13.5. The molecule has 0 radical (unpaired) electrons. The number of hydrogen-bond acceptors (Lipinski definition) is 4. The van der Waals surface area contributed by atoms with Crippen molar-refractivity contribution in [3.63, 3.8) is 0 Å². The van der Waals surface area contributed by atoms with E-state index in [0.29, 0.717) is 27.3 Å². The zero-order chi connectivity index (χ0) is 15.7. The smallest absolute Gasteiger partial charge is 0.334 e. The van der Waals surface area contributed by atoms with Gasteiger partial charge in [0.15, 0.2) is 5.69 Å². The summed E-state index contributed by atoms with van der Waals surface area (Å²) in [6.07, 6.45) is 0. The largest absolute Gasteiger partial charge is 0.354 e. The lowest BCUT2D eigenvalue weighted by Crippen LogP contribution is -2.51. The Kier molecular flexibility index (Phi) is 4.06. The molecule has 0 spiro atoms. The summed E-state index contributed by atoms with van der Waals surface area (Å²) < 4.78 is -0.167. The summed E-state index contributed by atoms with van der Waals surface area (Å²) in [6.45, 7) is 0.374. The van der Waals surface area contributed by atoms with Gasteiger partial charge in [-0.3, -0.25) is 0 Å². The Labute approximate surface area is 142 Å². The minimum atomic E-state index is -0.167. The van der Waals surface area contributed by atoms with E-state index in [4.69, 9.17) is 40.5 Å². The molecule has 0 fully saturated rings. The Hall–Kier alpha value is -1.66. The summed E-state index contributed by atoms with van der Waals surface area (Å²) in [6, 6.07) is 12.7. The second-order valence-electron chi connectivity index (χ2n) is 4.77. The Morgan fingerprint density at radius 2 is 1.82 bits per heavy atom. The van der Waals surface area contributed by atoms with Crippen LogP contribution in [0.3, 0.4) is 0 Å². The molecule has 8 heteroatoms. The third kappa shape index (κ3) is 2.57. The minimum Gasteiger partial charge on any atom is -0.334 e. The van der Waals surface area contributed by atoms with Crippen molar-refractivity contribution >= 4 is 46.4 Å². The van der Waals surface area contributed by atoms with E-state index in [0.717, 1.165) is 5.56 Å². The molecule has 22 heavy (non-hydrogen) atoms. The van der Waals surface area contributed by atoms with Crippen LogP contribution >= 0.6 is 34.8 Å². The lowest BCUT2D eigenvalue weighted by molar-refractivity contribution is 0.414. The fraction of sp³-hybridized carbons (Fsp3) is 0.0714. The van der Waals surface area contributed by atoms with Gasteiger partial charge >= 0.3 is 5.96 Å². The molecule has 0 aliphatic carbocycles. The zero-order valence-electron chi connectivity index (χ0n) is 11.2. The number of hydrogen-bond donors (Lipinski definition) is 1. The van der Waals surface area contributed by atoms with Gasteiger partial charge in [0.05, 0.1) is 10.2 Å². The number of nitrogens with zero attached hydrogens (tertiary/aromatic N) is 4. The van der Waals surface area contributed by atoms with Gasteiger partial charge in [-0.2, -0.15) is 0 Å². The Balaban J connectivity index is 2.13. The predicted octanol–water partition coefficient (Wildman–Crippen LogP) is 4.76. The van der Waals surface area contributed by atoms with Crippen LogP contribution in [0.5, 0.6) is 0 Å². The van der Waals surface area contributed by atoms with Gasteiger partial charge in [0, 0.05) is 21.9 Å². The third-order valence-electron chi connectivity index (χ3n) is 3.35. The fourth-order valence-electron chi connectivity index (χ4n) is 2.30. The van der Waals surface area contributed by atoms with Gasteiger partial charge in [0.1, 0.15) is 11.6 Å². The quantitative estimate of drug-likeness (QED) is 0.792. The highest BCUT2D eigenvalue weighted by Gasteiger charge is 2.43. The van der Waals surface area contributed by atoms with Gasteiger partial charge in [-0.15, -0.1) is 0 Å². The second-order valence-corrected chi connectivity index (χ2v) is 5.99. The number of guanidine groups is 1. The number of nitrogens with two attached hydrogens (primary N) is 1. The van der Waals surface area contributed by atoms with Crippen molar-refractivity contribution in [2.24, 2.45) is 21.3 Å². The molecule has 0 bridgehead atoms. The Morgan fingerprint density at radius 1 is 1.05 bits per heavy atom. The molecule has 5 nitrogen and oxygen atoms in total. The van der Waals surface area contributed by atoms with Gasteiger partial charge < -0.3 is 5.73 Å². The van der Waals surface area contributed by atoms with Crippen molar-refractivity contribution in [2.45, 2.75) is 6.54 Å². The van der Waals surface area contributed by atoms with Crippen molar-refractivity contribution in [3.05, 3.63) is 63.1 Å². The van der Waals surface area contributed by atoms with Crippen LogP contribution in [0.25, 0.3) is 0 Å². The van der Waals surface area contributed by atoms with E-state index in [1.807, 2.05) is 18.2 Å². The van der Waals surface area contributed by atoms with E-state index in [1.165, 1.54) is 0 Å². The molecule has 1 atom stereocenters. The molecule has 2 aromatic rings. The molecule has 1 aliphatic rings. The van der Waals surface area contributed by atoms with Gasteiger partial charge in [0.2, 0.25) is 0 Å². The molecule has 0 saturated heterocycles. The average molecular weight is 356 g/mol. The molecule has 1 heterocycles. The fourth-order valence-corrected chi connectivity index (χ4v) is 2.95. The molecular weight excluding hydrogens is 345 g/mol. The van der Waals surface area contributed by atoms with E-state index in [2.05, 4.69) is 15.5 Å². The molecule has 3 rings (SSSR count). The molecule has 0 amide bonds. The monoisotopic (exact) mass is 354 g/mol. The van der Waals surface area contributed by atoms with Crippen molar-refractivity contribution < 1.29 is 0 Å². The lowest BCUT2D eigenvalue weighted by Gasteiger charge is -2.25. The second kappa shape index (κ2) is 5.85. The molecule has 0 aromatic heterocycles. The third-order valence-corrected chi connectivity index (χ3v) is 4.39. The van der Waals surface area contributed by atoms with Crippen LogP contribution in [0.4, 0.5) is 5.69 Å². The molecule has 0 saturated carbocycles. The molecule has 112 valence electrons. The van der Waals surface area contributed by atoms with Crippen molar-refractivity contribution in [3.8, 4) is 0 Å².